The van der Waals surface area contributed by atoms with Crippen LogP contribution >= 0.6 is 0 Å². The van der Waals surface area contributed by atoms with Crippen LogP contribution in [0.25, 0.3) is 0 Å². The van der Waals surface area contributed by atoms with E-state index in [2.05, 4.69) is 0 Å². The van der Waals surface area contributed by atoms with E-state index < -0.39 is 12.2 Å². The molecule has 1 unspecified atom stereocenters. The van der Waals surface area contributed by atoms with Crippen LogP contribution in [0, 0.1) is 5.92 Å². The number of nitrogens with two attached hydrogens (primary N) is 1. The van der Waals surface area contributed by atoms with Gasteiger partial charge in [-0.05, 0) is 25.8 Å². The van der Waals surface area contributed by atoms with Crippen molar-refractivity contribution in [3.63, 3.8) is 0 Å². The largest absolute Gasteiger partial charge is 0.405 e. The molecule has 1 rings (SSSR count). The molecule has 5 heteroatoms. The van der Waals surface area contributed by atoms with Gasteiger partial charge in [0.05, 0.1) is 0 Å². The van der Waals surface area contributed by atoms with E-state index in [0.717, 1.165) is 25.7 Å². The molecule has 1 aliphatic rings. The van der Waals surface area contributed by atoms with Gasteiger partial charge in [-0.2, -0.15) is 13.2 Å². The Kier molecular flexibility index (Phi) is 4.40. The molecule has 0 aromatic carbocycles. The second kappa shape index (κ2) is 5.16. The molecule has 0 radical (unpaired) electrons. The Morgan fingerprint density at radius 3 is 2.27 bits per heavy atom. The Hall–Kier alpha value is -0.290. The molecule has 1 aliphatic carbocycles. The molecule has 2 nitrogen and oxygen atoms in total. The highest BCUT2D eigenvalue weighted by Crippen LogP contribution is 2.28. The monoisotopic (exact) mass is 224 g/mol. The first-order valence-electron chi connectivity index (χ1n) is 5.42. The van der Waals surface area contributed by atoms with Gasteiger partial charge in [-0.15, -0.1) is 0 Å². The minimum absolute atomic E-state index is 0.354. The molecule has 1 saturated carbocycles. The third-order valence-electron chi connectivity index (χ3n) is 3.15. The maximum absolute atomic E-state index is 12.5. The average Bonchev–Trinajstić information content (AvgIpc) is 2.54. The first-order valence-corrected chi connectivity index (χ1v) is 5.42. The smallest absolute Gasteiger partial charge is 0.329 e. The number of hydrogen-bond acceptors (Lipinski definition) is 2. The fourth-order valence-electron chi connectivity index (χ4n) is 2.29. The van der Waals surface area contributed by atoms with Gasteiger partial charge < -0.3 is 5.73 Å². The number of nitrogens with zero attached hydrogens (tertiary/aromatic N) is 1. The molecule has 0 aliphatic heterocycles. The van der Waals surface area contributed by atoms with Crippen LogP contribution in [-0.2, 0) is 0 Å². The van der Waals surface area contributed by atoms with E-state index in [-0.39, 0.29) is 6.54 Å². The van der Waals surface area contributed by atoms with Crippen LogP contribution in [0.1, 0.15) is 25.7 Å². The third-order valence-corrected chi connectivity index (χ3v) is 3.15. The van der Waals surface area contributed by atoms with Crippen LogP contribution in [0.15, 0.2) is 0 Å². The SMILES string of the molecule is CN(CC1CCCC1)C(CN)C(F)(F)F. The van der Waals surface area contributed by atoms with Gasteiger partial charge in [-0.3, -0.25) is 4.90 Å². The molecule has 15 heavy (non-hydrogen) atoms. The van der Waals surface area contributed by atoms with Gasteiger partial charge in [0.15, 0.2) is 0 Å². The van der Waals surface area contributed by atoms with E-state index in [1.807, 2.05) is 0 Å². The fourth-order valence-corrected chi connectivity index (χ4v) is 2.29. The standard InChI is InChI=1S/C10H19F3N2/c1-15(7-8-4-2-3-5-8)9(6-14)10(11,12)13/h8-9H,2-7,14H2,1H3. The molecule has 1 atom stereocenters. The van der Waals surface area contributed by atoms with Crippen molar-refractivity contribution in [3.8, 4) is 0 Å². The second-order valence-corrected chi connectivity index (χ2v) is 4.38. The Bertz CT molecular complexity index is 188. The molecular weight excluding hydrogens is 205 g/mol. The lowest BCUT2D eigenvalue weighted by molar-refractivity contribution is -0.178. The normalized spacial score (nSPS) is 21.2. The van der Waals surface area contributed by atoms with Gasteiger partial charge in [0.2, 0.25) is 0 Å². The van der Waals surface area contributed by atoms with Crippen molar-refractivity contribution in [2.24, 2.45) is 11.7 Å². The van der Waals surface area contributed by atoms with Gasteiger partial charge in [0, 0.05) is 13.1 Å². The van der Waals surface area contributed by atoms with Crippen molar-refractivity contribution in [1.82, 2.24) is 4.90 Å². The summed E-state index contributed by atoms with van der Waals surface area (Å²) in [5.41, 5.74) is 5.17. The van der Waals surface area contributed by atoms with E-state index in [4.69, 9.17) is 5.73 Å². The van der Waals surface area contributed by atoms with Gasteiger partial charge in [-0.25, -0.2) is 0 Å². The molecule has 0 saturated heterocycles. The van der Waals surface area contributed by atoms with Gasteiger partial charge >= 0.3 is 6.18 Å². The van der Waals surface area contributed by atoms with Gasteiger partial charge in [0.25, 0.3) is 0 Å². The van der Waals surface area contributed by atoms with Crippen LogP contribution < -0.4 is 5.73 Å². The van der Waals surface area contributed by atoms with E-state index in [0.29, 0.717) is 12.5 Å². The van der Waals surface area contributed by atoms with Crippen molar-refractivity contribution >= 4 is 0 Å². The van der Waals surface area contributed by atoms with Crippen molar-refractivity contribution in [2.75, 3.05) is 20.1 Å². The number of hydrogen-bond donors (Lipinski definition) is 1. The van der Waals surface area contributed by atoms with Gasteiger partial charge in [-0.1, -0.05) is 12.8 Å². The summed E-state index contributed by atoms with van der Waals surface area (Å²) in [6.07, 6.45) is 0.205. The predicted octanol–water partition coefficient (Wildman–Crippen LogP) is 2.00. The maximum Gasteiger partial charge on any atom is 0.405 e. The summed E-state index contributed by atoms with van der Waals surface area (Å²) in [5.74, 6) is 0.423. The van der Waals surface area contributed by atoms with E-state index in [1.54, 1.807) is 0 Å². The first-order chi connectivity index (χ1) is 6.95. The van der Waals surface area contributed by atoms with Gasteiger partial charge in [0.1, 0.15) is 6.04 Å². The summed E-state index contributed by atoms with van der Waals surface area (Å²) < 4.78 is 37.6. The van der Waals surface area contributed by atoms with E-state index in [1.165, 1.54) is 11.9 Å². The molecule has 2 N–H and O–H groups in total. The molecule has 0 heterocycles. The highest BCUT2D eigenvalue weighted by molar-refractivity contribution is 4.80. The highest BCUT2D eigenvalue weighted by atomic mass is 19.4. The summed E-state index contributed by atoms with van der Waals surface area (Å²) in [6.45, 7) is 0.161. The number of rotatable bonds is 4. The molecule has 1 fully saturated rings. The van der Waals surface area contributed by atoms with Crippen molar-refractivity contribution in [1.29, 1.82) is 0 Å². The van der Waals surface area contributed by atoms with Crippen LogP contribution in [0.3, 0.4) is 0 Å². The second-order valence-electron chi connectivity index (χ2n) is 4.38. The van der Waals surface area contributed by atoms with Crippen LogP contribution in [0.4, 0.5) is 13.2 Å². The summed E-state index contributed by atoms with van der Waals surface area (Å²) in [4.78, 5) is 1.36. The lowest BCUT2D eigenvalue weighted by Gasteiger charge is -2.30. The molecule has 0 aromatic heterocycles. The molecule has 0 spiro atoms. The van der Waals surface area contributed by atoms with Crippen LogP contribution in [0.5, 0.6) is 0 Å². The highest BCUT2D eigenvalue weighted by Gasteiger charge is 2.41. The quantitative estimate of drug-likeness (QED) is 0.791. The lowest BCUT2D eigenvalue weighted by atomic mass is 10.1. The van der Waals surface area contributed by atoms with E-state index in [9.17, 15) is 13.2 Å². The summed E-state index contributed by atoms with van der Waals surface area (Å²) >= 11 is 0. The average molecular weight is 224 g/mol. The van der Waals surface area contributed by atoms with Crippen molar-refractivity contribution in [2.45, 2.75) is 37.9 Å². The summed E-state index contributed by atoms with van der Waals surface area (Å²) in [5, 5.41) is 0. The zero-order valence-electron chi connectivity index (χ0n) is 9.06. The predicted molar refractivity (Wildman–Crippen MR) is 53.5 cm³/mol. The van der Waals surface area contributed by atoms with E-state index >= 15 is 0 Å². The Morgan fingerprint density at radius 1 is 1.33 bits per heavy atom. The number of alkyl halides is 3. The summed E-state index contributed by atoms with van der Waals surface area (Å²) in [6, 6.07) is -1.49. The first kappa shape index (κ1) is 12.8. The van der Waals surface area contributed by atoms with Crippen molar-refractivity contribution < 1.29 is 13.2 Å². The zero-order valence-corrected chi connectivity index (χ0v) is 9.06. The molecular formula is C10H19F3N2. The topological polar surface area (TPSA) is 29.3 Å². The van der Waals surface area contributed by atoms with Crippen LogP contribution in [0.2, 0.25) is 0 Å². The lowest BCUT2D eigenvalue weighted by Crippen LogP contribution is -2.49. The zero-order chi connectivity index (χ0) is 11.5. The number of likely N-dealkylation sites (N-methyl/N-ethyl adjacent to an activating group) is 1. The molecule has 0 aromatic rings. The van der Waals surface area contributed by atoms with Crippen LogP contribution in [-0.4, -0.2) is 37.3 Å². The Balaban J connectivity index is 2.45. The molecule has 90 valence electrons. The minimum Gasteiger partial charge on any atom is -0.329 e. The number of halogens is 3. The third kappa shape index (κ3) is 3.65. The molecule has 0 amide bonds. The fraction of sp³-hybridized carbons (Fsp3) is 1.00. The Labute approximate surface area is 88.6 Å². The Morgan fingerprint density at radius 2 is 1.87 bits per heavy atom. The van der Waals surface area contributed by atoms with Crippen molar-refractivity contribution in [3.05, 3.63) is 0 Å². The molecule has 0 bridgehead atoms. The summed E-state index contributed by atoms with van der Waals surface area (Å²) in [7, 11) is 1.52. The maximum atomic E-state index is 12.5. The minimum atomic E-state index is -4.21.